The van der Waals surface area contributed by atoms with Crippen molar-refractivity contribution in [2.24, 2.45) is 0 Å². The zero-order valence-electron chi connectivity index (χ0n) is 10.8. The lowest BCUT2D eigenvalue weighted by Gasteiger charge is -2.22. The maximum Gasteiger partial charge on any atom is 0.138 e. The molecule has 5 nitrogen and oxygen atoms in total. The molecule has 0 spiro atoms. The van der Waals surface area contributed by atoms with Crippen LogP contribution in [0.2, 0.25) is 5.02 Å². The van der Waals surface area contributed by atoms with E-state index in [0.717, 1.165) is 12.8 Å². The molecule has 2 aliphatic rings. The average Bonchev–Trinajstić information content (AvgIpc) is 3.18. The summed E-state index contributed by atoms with van der Waals surface area (Å²) < 4.78 is 10.9. The summed E-state index contributed by atoms with van der Waals surface area (Å²) in [7, 11) is 0. The van der Waals surface area contributed by atoms with Crippen LogP contribution in [-0.2, 0) is 4.74 Å². The summed E-state index contributed by atoms with van der Waals surface area (Å²) in [5.41, 5.74) is 0.545. The number of ether oxygens (including phenoxy) is 2. The summed E-state index contributed by atoms with van der Waals surface area (Å²) in [6, 6.07) is 4.97. The lowest BCUT2D eigenvalue weighted by Crippen LogP contribution is -2.34. The van der Waals surface area contributed by atoms with Crippen molar-refractivity contribution in [1.82, 2.24) is 0 Å². The number of aliphatic hydroxyl groups is 3. The van der Waals surface area contributed by atoms with Crippen molar-refractivity contribution in [1.29, 1.82) is 0 Å². The molecule has 3 N–H and O–H groups in total. The van der Waals surface area contributed by atoms with Gasteiger partial charge in [0.1, 0.15) is 30.2 Å². The molecule has 1 saturated carbocycles. The predicted octanol–water partition coefficient (Wildman–Crippen LogP) is 1.04. The molecule has 110 valence electrons. The molecule has 0 amide bonds. The fourth-order valence-electron chi connectivity index (χ4n) is 2.25. The number of benzene rings is 1. The minimum absolute atomic E-state index is 0.0158. The first-order valence-corrected chi connectivity index (χ1v) is 7.06. The zero-order valence-corrected chi connectivity index (χ0v) is 11.5. The van der Waals surface area contributed by atoms with E-state index in [2.05, 4.69) is 0 Å². The number of rotatable bonds is 4. The van der Waals surface area contributed by atoms with Crippen LogP contribution in [0.4, 0.5) is 0 Å². The minimum atomic E-state index is -1.10. The van der Waals surface area contributed by atoms with Gasteiger partial charge in [-0.1, -0.05) is 17.7 Å². The molecule has 4 atom stereocenters. The average molecular weight is 301 g/mol. The first-order valence-electron chi connectivity index (χ1n) is 6.68. The van der Waals surface area contributed by atoms with Crippen LogP contribution in [0.25, 0.3) is 0 Å². The molecule has 1 aromatic carbocycles. The predicted molar refractivity (Wildman–Crippen MR) is 71.8 cm³/mol. The maximum absolute atomic E-state index is 10.3. The Morgan fingerprint density at radius 3 is 2.65 bits per heavy atom. The van der Waals surface area contributed by atoms with Crippen molar-refractivity contribution >= 4 is 11.6 Å². The highest BCUT2D eigenvalue weighted by Crippen LogP contribution is 2.35. The normalized spacial score (nSPS) is 31.3. The Labute approximate surface area is 121 Å². The third kappa shape index (κ3) is 2.77. The van der Waals surface area contributed by atoms with Crippen LogP contribution in [0.1, 0.15) is 24.5 Å². The van der Waals surface area contributed by atoms with Gasteiger partial charge in [-0.25, -0.2) is 0 Å². The molecule has 0 aromatic heterocycles. The quantitative estimate of drug-likeness (QED) is 0.774. The van der Waals surface area contributed by atoms with E-state index in [1.54, 1.807) is 18.2 Å². The van der Waals surface area contributed by atoms with Gasteiger partial charge in [-0.15, -0.1) is 0 Å². The van der Waals surface area contributed by atoms with Gasteiger partial charge in [0.25, 0.3) is 0 Å². The topological polar surface area (TPSA) is 79.2 Å². The van der Waals surface area contributed by atoms with E-state index in [1.807, 2.05) is 0 Å². The summed E-state index contributed by atoms with van der Waals surface area (Å²) in [4.78, 5) is 0. The molecule has 2 fully saturated rings. The van der Waals surface area contributed by atoms with Gasteiger partial charge in [0.15, 0.2) is 0 Å². The number of halogens is 1. The molecule has 0 radical (unpaired) electrons. The second-order valence-corrected chi connectivity index (χ2v) is 5.71. The molecule has 1 saturated heterocycles. The van der Waals surface area contributed by atoms with Crippen LogP contribution in [0.5, 0.6) is 5.75 Å². The molecule has 20 heavy (non-hydrogen) atoms. The zero-order chi connectivity index (χ0) is 14.3. The van der Waals surface area contributed by atoms with Crippen LogP contribution >= 0.6 is 11.6 Å². The second kappa shape index (κ2) is 5.50. The van der Waals surface area contributed by atoms with Crippen LogP contribution in [0.3, 0.4) is 0 Å². The van der Waals surface area contributed by atoms with E-state index in [4.69, 9.17) is 21.1 Å². The largest absolute Gasteiger partial charge is 0.489 e. The Kier molecular flexibility index (Phi) is 3.88. The van der Waals surface area contributed by atoms with E-state index in [9.17, 15) is 15.3 Å². The molecule has 1 heterocycles. The first kappa shape index (κ1) is 14.1. The molecule has 0 bridgehead atoms. The molecule has 1 aliphatic heterocycles. The first-order chi connectivity index (χ1) is 9.56. The summed E-state index contributed by atoms with van der Waals surface area (Å²) in [5, 5.41) is 30.0. The number of hydrogen-bond donors (Lipinski definition) is 3. The summed E-state index contributed by atoms with van der Waals surface area (Å²) in [6.07, 6.45) is -1.73. The highest BCUT2D eigenvalue weighted by molar-refractivity contribution is 6.32. The van der Waals surface area contributed by atoms with Gasteiger partial charge in [0, 0.05) is 0 Å². The fourth-order valence-corrected chi connectivity index (χ4v) is 2.42. The van der Waals surface area contributed by atoms with Crippen molar-refractivity contribution in [3.63, 3.8) is 0 Å². The van der Waals surface area contributed by atoms with Gasteiger partial charge in [-0.2, -0.15) is 0 Å². The second-order valence-electron chi connectivity index (χ2n) is 5.31. The molecule has 1 aromatic rings. The molecular weight excluding hydrogens is 284 g/mol. The van der Waals surface area contributed by atoms with Crippen molar-refractivity contribution in [3.8, 4) is 5.75 Å². The van der Waals surface area contributed by atoms with Gasteiger partial charge >= 0.3 is 0 Å². The Morgan fingerprint density at radius 1 is 1.30 bits per heavy atom. The van der Waals surface area contributed by atoms with Crippen molar-refractivity contribution < 1.29 is 24.8 Å². The Bertz CT molecular complexity index is 490. The SMILES string of the molecule is OC1COC([C@H](O)c2ccc(Cl)c(OC3CC3)c2)C1O. The Balaban J connectivity index is 1.78. The van der Waals surface area contributed by atoms with Crippen LogP contribution in [0.15, 0.2) is 18.2 Å². The van der Waals surface area contributed by atoms with Gasteiger partial charge in [-0.05, 0) is 30.5 Å². The lowest BCUT2D eigenvalue weighted by molar-refractivity contribution is -0.0521. The highest BCUT2D eigenvalue weighted by Gasteiger charge is 2.40. The third-order valence-electron chi connectivity index (χ3n) is 3.62. The fraction of sp³-hybridized carbons (Fsp3) is 0.571. The van der Waals surface area contributed by atoms with Gasteiger partial charge < -0.3 is 24.8 Å². The monoisotopic (exact) mass is 300 g/mol. The van der Waals surface area contributed by atoms with E-state index >= 15 is 0 Å². The molecule has 3 unspecified atom stereocenters. The van der Waals surface area contributed by atoms with E-state index in [1.165, 1.54) is 0 Å². The molecule has 6 heteroatoms. The maximum atomic E-state index is 10.3. The smallest absolute Gasteiger partial charge is 0.138 e. The van der Waals surface area contributed by atoms with E-state index in [0.29, 0.717) is 16.3 Å². The standard InChI is InChI=1S/C14H17ClO5/c15-9-4-1-7(5-11(9)20-8-2-3-8)12(17)14-13(18)10(16)6-19-14/h1,4-5,8,10,12-14,16-18H,2-3,6H2/t10?,12-,13?,14?/m1/s1. The van der Waals surface area contributed by atoms with Crippen LogP contribution in [-0.4, -0.2) is 46.3 Å². The summed E-state index contributed by atoms with van der Waals surface area (Å²) in [5.74, 6) is 0.527. The highest BCUT2D eigenvalue weighted by atomic mass is 35.5. The lowest BCUT2D eigenvalue weighted by atomic mass is 9.99. The Hall–Kier alpha value is -0.850. The van der Waals surface area contributed by atoms with Crippen LogP contribution in [0, 0.1) is 0 Å². The molecular formula is C14H17ClO5. The third-order valence-corrected chi connectivity index (χ3v) is 3.93. The van der Waals surface area contributed by atoms with Crippen molar-refractivity contribution in [2.75, 3.05) is 6.61 Å². The van der Waals surface area contributed by atoms with Crippen molar-refractivity contribution in [3.05, 3.63) is 28.8 Å². The number of hydrogen-bond acceptors (Lipinski definition) is 5. The van der Waals surface area contributed by atoms with Gasteiger partial charge in [-0.3, -0.25) is 0 Å². The van der Waals surface area contributed by atoms with Gasteiger partial charge in [0.05, 0.1) is 17.7 Å². The van der Waals surface area contributed by atoms with Crippen molar-refractivity contribution in [2.45, 2.75) is 43.4 Å². The van der Waals surface area contributed by atoms with Crippen LogP contribution < -0.4 is 4.74 Å². The summed E-state index contributed by atoms with van der Waals surface area (Å²) in [6.45, 7) is 0.0158. The van der Waals surface area contributed by atoms with Gasteiger partial charge in [0.2, 0.25) is 0 Å². The van der Waals surface area contributed by atoms with E-state index in [-0.39, 0.29) is 12.7 Å². The number of aliphatic hydroxyl groups excluding tert-OH is 3. The molecule has 3 rings (SSSR count). The Morgan fingerprint density at radius 2 is 2.05 bits per heavy atom. The molecule has 1 aliphatic carbocycles. The van der Waals surface area contributed by atoms with E-state index < -0.39 is 24.4 Å². The summed E-state index contributed by atoms with van der Waals surface area (Å²) >= 11 is 6.06. The minimum Gasteiger partial charge on any atom is -0.489 e.